The molecule has 2 N–H and O–H groups in total. The van der Waals surface area contributed by atoms with Gasteiger partial charge >= 0.3 is 0 Å². The minimum Gasteiger partial charge on any atom is -0.497 e. The lowest BCUT2D eigenvalue weighted by Crippen LogP contribution is -2.54. The number of piperidine rings is 1. The van der Waals surface area contributed by atoms with Crippen LogP contribution in [0.25, 0.3) is 10.9 Å². The lowest BCUT2D eigenvalue weighted by Gasteiger charge is -2.49. The van der Waals surface area contributed by atoms with E-state index in [1.165, 1.54) is 10.9 Å². The number of methoxy groups -OCH3 is 1. The number of fused-ring (bicyclic) bond motifs is 4. The quantitative estimate of drug-likeness (QED) is 0.815. The van der Waals surface area contributed by atoms with Gasteiger partial charge in [0.15, 0.2) is 0 Å². The number of benzene rings is 1. The molecule has 29 heavy (non-hydrogen) atoms. The topological polar surface area (TPSA) is 72.0 Å². The molecule has 0 radical (unpaired) electrons. The monoisotopic (exact) mass is 400 g/mol. The first-order chi connectivity index (χ1) is 13.9. The molecule has 1 atom stereocenters. The number of aromatic nitrogens is 1. The number of likely N-dealkylation sites (tertiary alicyclic amines) is 1. The van der Waals surface area contributed by atoms with Gasteiger partial charge in [0.05, 0.1) is 26.3 Å². The summed E-state index contributed by atoms with van der Waals surface area (Å²) in [5, 5.41) is 11.3. The molecule has 0 unspecified atom stereocenters. The van der Waals surface area contributed by atoms with E-state index in [1.807, 2.05) is 36.0 Å². The molecular weight excluding hydrogens is 368 g/mol. The number of carbonyl (C=O) groups is 1. The van der Waals surface area contributed by atoms with Crippen LogP contribution in [0.1, 0.15) is 30.1 Å². The highest BCUT2D eigenvalue weighted by Gasteiger charge is 2.46. The Balaban J connectivity index is 1.72. The average Bonchev–Trinajstić information content (AvgIpc) is 3.07. The standard InChI is InChI=1S/C22H32N4O3/c1-24(2)12-19(28)26-9-7-22(8-10-26)14-25(3)18(13-27)21-20(22)16-6-5-15(29-4)11-17(16)23-21/h5-6,11,18,23,27H,7-10,12-14H2,1-4H3/t18-/m1/s1. The number of aromatic amines is 1. The van der Waals surface area contributed by atoms with Gasteiger partial charge in [-0.05, 0) is 51.7 Å². The number of hydrogen-bond acceptors (Lipinski definition) is 5. The van der Waals surface area contributed by atoms with Crippen molar-refractivity contribution >= 4 is 16.8 Å². The minimum atomic E-state index is -0.0394. The predicted molar refractivity (Wildman–Crippen MR) is 113 cm³/mol. The van der Waals surface area contributed by atoms with Gasteiger partial charge in [-0.3, -0.25) is 9.69 Å². The zero-order chi connectivity index (χ0) is 20.8. The van der Waals surface area contributed by atoms with Crippen LogP contribution in [0.2, 0.25) is 0 Å². The van der Waals surface area contributed by atoms with Gasteiger partial charge in [0.2, 0.25) is 5.91 Å². The van der Waals surface area contributed by atoms with Crippen molar-refractivity contribution in [3.8, 4) is 5.75 Å². The van der Waals surface area contributed by atoms with Crippen LogP contribution >= 0.6 is 0 Å². The highest BCUT2D eigenvalue weighted by Crippen LogP contribution is 2.48. The van der Waals surface area contributed by atoms with E-state index in [2.05, 4.69) is 23.0 Å². The van der Waals surface area contributed by atoms with Crippen LogP contribution in [0, 0.1) is 0 Å². The highest BCUT2D eigenvalue weighted by atomic mass is 16.5. The van der Waals surface area contributed by atoms with Crippen LogP contribution in [0.3, 0.4) is 0 Å². The number of aliphatic hydroxyl groups excluding tert-OH is 1. The maximum absolute atomic E-state index is 12.5. The smallest absolute Gasteiger partial charge is 0.236 e. The van der Waals surface area contributed by atoms with Crippen LogP contribution in [0.4, 0.5) is 0 Å². The average molecular weight is 401 g/mol. The van der Waals surface area contributed by atoms with Crippen molar-refractivity contribution in [2.75, 3.05) is 61.0 Å². The van der Waals surface area contributed by atoms with E-state index < -0.39 is 0 Å². The largest absolute Gasteiger partial charge is 0.497 e. The second-order valence-electron chi connectivity index (χ2n) is 8.84. The van der Waals surface area contributed by atoms with E-state index in [-0.39, 0.29) is 24.0 Å². The van der Waals surface area contributed by atoms with Crippen LogP contribution < -0.4 is 4.74 Å². The SMILES string of the molecule is COc1ccc2c3c([nH]c2c1)[C@@H](CO)N(C)CC31CCN(C(=O)CN(C)C)CC1. The second-order valence-corrected chi connectivity index (χ2v) is 8.84. The summed E-state index contributed by atoms with van der Waals surface area (Å²) in [6, 6.07) is 6.13. The fourth-order valence-corrected chi connectivity index (χ4v) is 5.23. The first-order valence-corrected chi connectivity index (χ1v) is 10.3. The fourth-order valence-electron chi connectivity index (χ4n) is 5.23. The summed E-state index contributed by atoms with van der Waals surface area (Å²) in [5.41, 5.74) is 3.47. The second kappa shape index (κ2) is 7.63. The van der Waals surface area contributed by atoms with Gasteiger partial charge in [-0.25, -0.2) is 0 Å². The number of rotatable bonds is 4. The molecule has 1 aromatic carbocycles. The third-order valence-electron chi connectivity index (χ3n) is 6.68. The molecule has 3 heterocycles. The van der Waals surface area contributed by atoms with Crippen molar-refractivity contribution in [3.63, 3.8) is 0 Å². The maximum atomic E-state index is 12.5. The van der Waals surface area contributed by atoms with E-state index in [0.29, 0.717) is 6.54 Å². The molecule has 7 heteroatoms. The van der Waals surface area contributed by atoms with Gasteiger partial charge in [-0.1, -0.05) is 0 Å². The Morgan fingerprint density at radius 1 is 1.34 bits per heavy atom. The number of H-pyrrole nitrogens is 1. The molecule has 1 spiro atoms. The lowest BCUT2D eigenvalue weighted by molar-refractivity contribution is -0.133. The highest BCUT2D eigenvalue weighted by molar-refractivity contribution is 5.88. The van der Waals surface area contributed by atoms with Gasteiger partial charge in [0, 0.05) is 47.7 Å². The van der Waals surface area contributed by atoms with Crippen molar-refractivity contribution in [1.29, 1.82) is 0 Å². The molecule has 0 aliphatic carbocycles. The molecule has 0 saturated carbocycles. The molecule has 1 aromatic heterocycles. The predicted octanol–water partition coefficient (Wildman–Crippen LogP) is 1.58. The van der Waals surface area contributed by atoms with Crippen LogP contribution in [-0.4, -0.2) is 91.7 Å². The number of carbonyl (C=O) groups excluding carboxylic acids is 1. The molecule has 2 aliphatic rings. The number of ether oxygens (including phenoxy) is 1. The zero-order valence-corrected chi connectivity index (χ0v) is 17.9. The molecule has 4 rings (SSSR count). The number of amides is 1. The van der Waals surface area contributed by atoms with Crippen molar-refractivity contribution in [2.45, 2.75) is 24.3 Å². The van der Waals surface area contributed by atoms with Gasteiger partial charge in [-0.15, -0.1) is 0 Å². The van der Waals surface area contributed by atoms with Crippen LogP contribution in [0.15, 0.2) is 18.2 Å². The Bertz CT molecular complexity index is 899. The Morgan fingerprint density at radius 2 is 2.07 bits per heavy atom. The number of nitrogens with one attached hydrogen (secondary N) is 1. The van der Waals surface area contributed by atoms with Gasteiger partial charge in [-0.2, -0.15) is 0 Å². The van der Waals surface area contributed by atoms with E-state index in [4.69, 9.17) is 4.74 Å². The molecule has 1 fully saturated rings. The van der Waals surface area contributed by atoms with E-state index in [1.54, 1.807) is 7.11 Å². The Morgan fingerprint density at radius 3 is 2.69 bits per heavy atom. The molecule has 1 amide bonds. The summed E-state index contributed by atoms with van der Waals surface area (Å²) in [6.07, 6.45) is 1.86. The van der Waals surface area contributed by atoms with E-state index in [0.717, 1.165) is 49.4 Å². The third-order valence-corrected chi connectivity index (χ3v) is 6.68. The summed E-state index contributed by atoms with van der Waals surface area (Å²) >= 11 is 0. The van der Waals surface area contributed by atoms with Crippen LogP contribution in [-0.2, 0) is 10.2 Å². The molecule has 2 aliphatic heterocycles. The van der Waals surface area contributed by atoms with Gasteiger partial charge in [0.25, 0.3) is 0 Å². The first kappa shape index (κ1) is 20.2. The summed E-state index contributed by atoms with van der Waals surface area (Å²) in [7, 11) is 7.62. The van der Waals surface area contributed by atoms with Gasteiger partial charge < -0.3 is 24.6 Å². The minimum absolute atomic E-state index is 0.0164. The summed E-state index contributed by atoms with van der Waals surface area (Å²) in [5.74, 6) is 1.02. The number of aliphatic hydroxyl groups is 1. The summed E-state index contributed by atoms with van der Waals surface area (Å²) < 4.78 is 5.41. The van der Waals surface area contributed by atoms with Crippen molar-refractivity contribution in [1.82, 2.24) is 19.7 Å². The molecule has 2 aromatic rings. The molecular formula is C22H32N4O3. The van der Waals surface area contributed by atoms with Crippen molar-refractivity contribution in [3.05, 3.63) is 29.5 Å². The molecule has 7 nitrogen and oxygen atoms in total. The van der Waals surface area contributed by atoms with Crippen molar-refractivity contribution in [2.24, 2.45) is 0 Å². The Hall–Kier alpha value is -2.09. The summed E-state index contributed by atoms with van der Waals surface area (Å²) in [6.45, 7) is 2.97. The molecule has 0 bridgehead atoms. The summed E-state index contributed by atoms with van der Waals surface area (Å²) in [4.78, 5) is 22.3. The van der Waals surface area contributed by atoms with E-state index >= 15 is 0 Å². The third kappa shape index (κ3) is 3.41. The normalized spacial score (nSPS) is 21.7. The van der Waals surface area contributed by atoms with Crippen LogP contribution in [0.5, 0.6) is 5.75 Å². The number of likely N-dealkylation sites (N-methyl/N-ethyl adjacent to an activating group) is 2. The zero-order valence-electron chi connectivity index (χ0n) is 17.9. The van der Waals surface area contributed by atoms with Gasteiger partial charge in [0.1, 0.15) is 5.75 Å². The Labute approximate surface area is 172 Å². The molecule has 158 valence electrons. The number of hydrogen-bond donors (Lipinski definition) is 2. The molecule has 1 saturated heterocycles. The lowest BCUT2D eigenvalue weighted by atomic mass is 9.68. The fraction of sp³-hybridized carbons (Fsp3) is 0.591. The Kier molecular flexibility index (Phi) is 5.31. The van der Waals surface area contributed by atoms with E-state index in [9.17, 15) is 9.90 Å². The first-order valence-electron chi connectivity index (χ1n) is 10.3. The number of nitrogens with zero attached hydrogens (tertiary/aromatic N) is 3. The van der Waals surface area contributed by atoms with Crippen molar-refractivity contribution < 1.29 is 14.6 Å². The maximum Gasteiger partial charge on any atom is 0.236 e.